The van der Waals surface area contributed by atoms with Crippen molar-refractivity contribution >= 4 is 0 Å². The lowest BCUT2D eigenvalue weighted by molar-refractivity contribution is 0.293. The Morgan fingerprint density at radius 1 is 1.33 bits per heavy atom. The maximum Gasteiger partial charge on any atom is 0.165 e. The van der Waals surface area contributed by atoms with Crippen molar-refractivity contribution in [2.24, 2.45) is 0 Å². The smallest absolute Gasteiger partial charge is 0.165 e. The number of halogens is 1. The van der Waals surface area contributed by atoms with Gasteiger partial charge in [-0.05, 0) is 37.9 Å². The number of hydrogen-bond acceptors (Lipinski definition) is 2. The van der Waals surface area contributed by atoms with Gasteiger partial charge in [-0.2, -0.15) is 0 Å². The van der Waals surface area contributed by atoms with Crippen molar-refractivity contribution < 1.29 is 9.13 Å². The molecule has 0 saturated heterocycles. The monoisotopic (exact) mass is 209 g/mol. The van der Waals surface area contributed by atoms with E-state index >= 15 is 0 Å². The third-order valence-electron chi connectivity index (χ3n) is 2.43. The average molecular weight is 209 g/mol. The van der Waals surface area contributed by atoms with Gasteiger partial charge in [0, 0.05) is 6.04 Å². The molecule has 1 aromatic rings. The summed E-state index contributed by atoms with van der Waals surface area (Å²) in [6.07, 6.45) is 3.52. The number of nitrogens with one attached hydrogen (secondary N) is 1. The van der Waals surface area contributed by atoms with E-state index in [1.54, 1.807) is 18.2 Å². The Morgan fingerprint density at radius 3 is 2.87 bits per heavy atom. The second-order valence-electron chi connectivity index (χ2n) is 3.86. The lowest BCUT2D eigenvalue weighted by Crippen LogP contribution is -2.19. The second kappa shape index (κ2) is 5.12. The molecule has 3 heteroatoms. The molecule has 82 valence electrons. The zero-order valence-electron chi connectivity index (χ0n) is 8.71. The van der Waals surface area contributed by atoms with Gasteiger partial charge in [0.15, 0.2) is 11.6 Å². The van der Waals surface area contributed by atoms with Gasteiger partial charge in [-0.15, -0.1) is 0 Å². The number of benzene rings is 1. The zero-order chi connectivity index (χ0) is 10.5. The highest BCUT2D eigenvalue weighted by Gasteiger charge is 2.19. The fourth-order valence-corrected chi connectivity index (χ4v) is 1.41. The van der Waals surface area contributed by atoms with Crippen LogP contribution in [-0.4, -0.2) is 19.2 Å². The minimum Gasteiger partial charge on any atom is -0.490 e. The molecule has 0 bridgehead atoms. The standard InChI is InChI=1S/C12H16FNO/c13-11-4-1-2-5-12(11)15-9-3-8-14-10-6-7-10/h1-2,4-5,10,14H,3,6-9H2. The van der Waals surface area contributed by atoms with E-state index in [4.69, 9.17) is 4.74 Å². The van der Waals surface area contributed by atoms with E-state index < -0.39 is 0 Å². The van der Waals surface area contributed by atoms with Gasteiger partial charge < -0.3 is 10.1 Å². The van der Waals surface area contributed by atoms with Gasteiger partial charge in [0.05, 0.1) is 6.61 Å². The second-order valence-corrected chi connectivity index (χ2v) is 3.86. The molecule has 0 heterocycles. The Labute approximate surface area is 89.4 Å². The number of hydrogen-bond donors (Lipinski definition) is 1. The van der Waals surface area contributed by atoms with Crippen LogP contribution < -0.4 is 10.1 Å². The van der Waals surface area contributed by atoms with Crippen molar-refractivity contribution in [3.8, 4) is 5.75 Å². The Hall–Kier alpha value is -1.09. The van der Waals surface area contributed by atoms with Crippen LogP contribution >= 0.6 is 0 Å². The first-order valence-corrected chi connectivity index (χ1v) is 5.47. The molecule has 1 fully saturated rings. The van der Waals surface area contributed by atoms with Crippen LogP contribution in [0.1, 0.15) is 19.3 Å². The lowest BCUT2D eigenvalue weighted by atomic mass is 10.3. The fourth-order valence-electron chi connectivity index (χ4n) is 1.41. The van der Waals surface area contributed by atoms with Crippen LogP contribution in [0, 0.1) is 5.82 Å². The number of para-hydroxylation sites is 1. The van der Waals surface area contributed by atoms with Crippen LogP contribution in [-0.2, 0) is 0 Å². The topological polar surface area (TPSA) is 21.3 Å². The molecular formula is C12H16FNO. The third-order valence-corrected chi connectivity index (χ3v) is 2.43. The van der Waals surface area contributed by atoms with E-state index in [2.05, 4.69) is 5.32 Å². The van der Waals surface area contributed by atoms with Crippen molar-refractivity contribution in [3.05, 3.63) is 30.1 Å². The Kier molecular flexibility index (Phi) is 3.56. The number of rotatable bonds is 6. The molecule has 1 saturated carbocycles. The fraction of sp³-hybridized carbons (Fsp3) is 0.500. The van der Waals surface area contributed by atoms with E-state index in [0.29, 0.717) is 12.4 Å². The van der Waals surface area contributed by atoms with E-state index in [-0.39, 0.29) is 5.82 Å². The molecule has 0 amide bonds. The van der Waals surface area contributed by atoms with Crippen LogP contribution in [0.15, 0.2) is 24.3 Å². The van der Waals surface area contributed by atoms with Gasteiger partial charge >= 0.3 is 0 Å². The molecule has 1 aliphatic rings. The summed E-state index contributed by atoms with van der Waals surface area (Å²) in [6.45, 7) is 1.53. The van der Waals surface area contributed by atoms with Crippen LogP contribution in [0.25, 0.3) is 0 Å². The van der Waals surface area contributed by atoms with Crippen molar-refractivity contribution in [3.63, 3.8) is 0 Å². The summed E-state index contributed by atoms with van der Waals surface area (Å²) in [7, 11) is 0. The van der Waals surface area contributed by atoms with Crippen molar-refractivity contribution in [1.82, 2.24) is 5.32 Å². The van der Waals surface area contributed by atoms with Crippen molar-refractivity contribution in [1.29, 1.82) is 0 Å². The minimum atomic E-state index is -0.285. The molecule has 1 aliphatic carbocycles. The van der Waals surface area contributed by atoms with E-state index in [1.165, 1.54) is 18.9 Å². The van der Waals surface area contributed by atoms with E-state index in [9.17, 15) is 4.39 Å². The normalized spacial score (nSPS) is 15.3. The number of ether oxygens (including phenoxy) is 1. The van der Waals surface area contributed by atoms with Gasteiger partial charge in [0.2, 0.25) is 0 Å². The largest absolute Gasteiger partial charge is 0.490 e. The van der Waals surface area contributed by atoms with Crippen LogP contribution in [0.3, 0.4) is 0 Å². The first kappa shape index (κ1) is 10.4. The first-order chi connectivity index (χ1) is 7.36. The summed E-state index contributed by atoms with van der Waals surface area (Å²) in [5.74, 6) is 0.0663. The summed E-state index contributed by atoms with van der Waals surface area (Å²) >= 11 is 0. The van der Waals surface area contributed by atoms with E-state index in [1.807, 2.05) is 0 Å². The summed E-state index contributed by atoms with van der Waals surface area (Å²) in [6, 6.07) is 7.25. The van der Waals surface area contributed by atoms with Crippen LogP contribution in [0.5, 0.6) is 5.75 Å². The third kappa shape index (κ3) is 3.51. The molecule has 2 rings (SSSR count). The summed E-state index contributed by atoms with van der Waals surface area (Å²) in [5.41, 5.74) is 0. The molecule has 0 aromatic heterocycles. The van der Waals surface area contributed by atoms with Crippen molar-refractivity contribution in [2.75, 3.05) is 13.2 Å². The maximum absolute atomic E-state index is 13.1. The van der Waals surface area contributed by atoms with Crippen LogP contribution in [0.2, 0.25) is 0 Å². The molecule has 0 radical (unpaired) electrons. The lowest BCUT2D eigenvalue weighted by Gasteiger charge is -2.07. The zero-order valence-corrected chi connectivity index (χ0v) is 8.71. The highest BCUT2D eigenvalue weighted by atomic mass is 19.1. The summed E-state index contributed by atoms with van der Waals surface area (Å²) in [5, 5.41) is 3.38. The highest BCUT2D eigenvalue weighted by Crippen LogP contribution is 2.18. The molecular weight excluding hydrogens is 193 g/mol. The molecule has 0 unspecified atom stereocenters. The van der Waals surface area contributed by atoms with Gasteiger partial charge in [-0.3, -0.25) is 0 Å². The average Bonchev–Trinajstić information content (AvgIpc) is 3.04. The SMILES string of the molecule is Fc1ccccc1OCCCNC1CC1. The molecule has 2 nitrogen and oxygen atoms in total. The molecule has 0 spiro atoms. The Balaban J connectivity index is 1.62. The summed E-state index contributed by atoms with van der Waals surface area (Å²) < 4.78 is 18.4. The highest BCUT2D eigenvalue weighted by molar-refractivity contribution is 5.23. The van der Waals surface area contributed by atoms with Crippen LogP contribution in [0.4, 0.5) is 4.39 Å². The molecule has 0 atom stereocenters. The quantitative estimate of drug-likeness (QED) is 0.726. The van der Waals surface area contributed by atoms with E-state index in [0.717, 1.165) is 19.0 Å². The van der Waals surface area contributed by atoms with Gasteiger partial charge in [-0.25, -0.2) is 4.39 Å². The van der Waals surface area contributed by atoms with Gasteiger partial charge in [-0.1, -0.05) is 12.1 Å². The molecule has 1 aromatic carbocycles. The molecule has 0 aliphatic heterocycles. The van der Waals surface area contributed by atoms with Gasteiger partial charge in [0.25, 0.3) is 0 Å². The predicted octanol–water partition coefficient (Wildman–Crippen LogP) is 2.35. The molecule has 1 N–H and O–H groups in total. The van der Waals surface area contributed by atoms with Crippen molar-refractivity contribution in [2.45, 2.75) is 25.3 Å². The minimum absolute atomic E-state index is 0.285. The Bertz CT molecular complexity index is 312. The maximum atomic E-state index is 13.1. The first-order valence-electron chi connectivity index (χ1n) is 5.47. The Morgan fingerprint density at radius 2 is 2.13 bits per heavy atom. The molecule has 15 heavy (non-hydrogen) atoms. The predicted molar refractivity (Wildman–Crippen MR) is 57.5 cm³/mol. The summed E-state index contributed by atoms with van der Waals surface area (Å²) in [4.78, 5) is 0. The van der Waals surface area contributed by atoms with Gasteiger partial charge in [0.1, 0.15) is 0 Å².